The first-order valence-corrected chi connectivity index (χ1v) is 5.58. The van der Waals surface area contributed by atoms with E-state index < -0.39 is 0 Å². The molecule has 1 N–H and O–H groups in total. The zero-order valence-electron chi connectivity index (χ0n) is 8.82. The Morgan fingerprint density at radius 1 is 1.33 bits per heavy atom. The highest BCUT2D eigenvalue weighted by Crippen LogP contribution is 2.52. The van der Waals surface area contributed by atoms with Gasteiger partial charge in [0.25, 0.3) is 0 Å². The average Bonchev–Trinajstić information content (AvgIpc) is 2.57. The number of rotatable bonds is 1. The fourth-order valence-electron chi connectivity index (χ4n) is 2.72. The van der Waals surface area contributed by atoms with Gasteiger partial charge in [-0.25, -0.2) is 0 Å². The highest BCUT2D eigenvalue weighted by molar-refractivity contribution is 4.99. The van der Waals surface area contributed by atoms with E-state index in [1.54, 1.807) is 0 Å². The Hall–Kier alpha value is -0.0400. The first kappa shape index (κ1) is 10.0. The van der Waals surface area contributed by atoms with Crippen molar-refractivity contribution in [3.05, 3.63) is 0 Å². The van der Waals surface area contributed by atoms with Crippen molar-refractivity contribution in [2.75, 3.05) is 13.1 Å². The maximum atomic E-state index is 3.48. The fraction of sp³-hybridized carbons (Fsp3) is 1.00. The summed E-state index contributed by atoms with van der Waals surface area (Å²) < 4.78 is 0. The Balaban J connectivity index is 0.000000336. The van der Waals surface area contributed by atoms with E-state index in [4.69, 9.17) is 0 Å². The Morgan fingerprint density at radius 2 is 2.08 bits per heavy atom. The highest BCUT2D eigenvalue weighted by atomic mass is 14.9. The number of hydrogen-bond acceptors (Lipinski definition) is 1. The predicted octanol–water partition coefficient (Wildman–Crippen LogP) is 2.81. The van der Waals surface area contributed by atoms with Crippen molar-refractivity contribution in [1.82, 2.24) is 5.32 Å². The molecule has 0 aromatic carbocycles. The van der Waals surface area contributed by atoms with Gasteiger partial charge in [0.2, 0.25) is 0 Å². The van der Waals surface area contributed by atoms with Crippen LogP contribution in [-0.2, 0) is 0 Å². The van der Waals surface area contributed by atoms with Crippen LogP contribution in [0, 0.1) is 11.3 Å². The molecule has 72 valence electrons. The lowest BCUT2D eigenvalue weighted by Gasteiger charge is -2.46. The Kier molecular flexibility index (Phi) is 3.57. The second kappa shape index (κ2) is 4.27. The Morgan fingerprint density at radius 3 is 2.42 bits per heavy atom. The van der Waals surface area contributed by atoms with Gasteiger partial charge in [0.15, 0.2) is 0 Å². The van der Waals surface area contributed by atoms with E-state index in [0.717, 1.165) is 11.3 Å². The number of hydrogen-bond donors (Lipinski definition) is 1. The van der Waals surface area contributed by atoms with Crippen molar-refractivity contribution < 1.29 is 0 Å². The largest absolute Gasteiger partial charge is 0.316 e. The summed E-state index contributed by atoms with van der Waals surface area (Å²) >= 11 is 0. The fourth-order valence-corrected chi connectivity index (χ4v) is 2.72. The van der Waals surface area contributed by atoms with Gasteiger partial charge >= 0.3 is 0 Å². The molecule has 12 heavy (non-hydrogen) atoms. The van der Waals surface area contributed by atoms with E-state index >= 15 is 0 Å². The molecule has 0 radical (unpaired) electrons. The third kappa shape index (κ3) is 1.52. The minimum atomic E-state index is 0.773. The van der Waals surface area contributed by atoms with Gasteiger partial charge in [-0.05, 0) is 37.1 Å². The molecule has 1 spiro atoms. The number of nitrogens with one attached hydrogen (secondary N) is 1. The van der Waals surface area contributed by atoms with Crippen LogP contribution in [0.4, 0.5) is 0 Å². The average molecular weight is 169 g/mol. The molecule has 2 atom stereocenters. The van der Waals surface area contributed by atoms with Gasteiger partial charge in [0, 0.05) is 6.54 Å². The molecule has 2 unspecified atom stereocenters. The van der Waals surface area contributed by atoms with Gasteiger partial charge < -0.3 is 5.32 Å². The van der Waals surface area contributed by atoms with Gasteiger partial charge in [-0.15, -0.1) is 0 Å². The molecule has 1 heteroatoms. The summed E-state index contributed by atoms with van der Waals surface area (Å²) in [5, 5.41) is 3.48. The van der Waals surface area contributed by atoms with E-state index in [9.17, 15) is 0 Å². The third-order valence-corrected chi connectivity index (χ3v) is 3.63. The van der Waals surface area contributed by atoms with Gasteiger partial charge in [-0.1, -0.05) is 27.2 Å². The second-order valence-electron chi connectivity index (χ2n) is 3.93. The summed E-state index contributed by atoms with van der Waals surface area (Å²) in [7, 11) is 0. The molecule has 2 aliphatic rings. The van der Waals surface area contributed by atoms with Crippen molar-refractivity contribution in [3.8, 4) is 0 Å². The SMILES string of the molecule is CC.CCC1CCC12CCNC2. The van der Waals surface area contributed by atoms with Crippen molar-refractivity contribution in [2.45, 2.75) is 46.5 Å². The highest BCUT2D eigenvalue weighted by Gasteiger charge is 2.46. The topological polar surface area (TPSA) is 12.0 Å². The first-order valence-electron chi connectivity index (χ1n) is 5.58. The Bertz CT molecular complexity index is 123. The summed E-state index contributed by atoms with van der Waals surface area (Å²) in [6, 6.07) is 0. The molecule has 1 aliphatic heterocycles. The summed E-state index contributed by atoms with van der Waals surface area (Å²) in [4.78, 5) is 0. The lowest BCUT2D eigenvalue weighted by molar-refractivity contribution is 0.0490. The van der Waals surface area contributed by atoms with Gasteiger partial charge in [0.1, 0.15) is 0 Å². The van der Waals surface area contributed by atoms with E-state index in [1.165, 1.54) is 38.8 Å². The third-order valence-electron chi connectivity index (χ3n) is 3.63. The zero-order chi connectivity index (χ0) is 9.03. The molecule has 1 saturated heterocycles. The zero-order valence-corrected chi connectivity index (χ0v) is 8.82. The van der Waals surface area contributed by atoms with Gasteiger partial charge in [-0.3, -0.25) is 0 Å². The van der Waals surface area contributed by atoms with Crippen LogP contribution in [0.2, 0.25) is 0 Å². The normalized spacial score (nSPS) is 38.8. The molecule has 0 amide bonds. The van der Waals surface area contributed by atoms with Crippen molar-refractivity contribution in [3.63, 3.8) is 0 Å². The lowest BCUT2D eigenvalue weighted by atomic mass is 9.59. The molecule has 2 fully saturated rings. The molecule has 0 aromatic rings. The van der Waals surface area contributed by atoms with E-state index in [-0.39, 0.29) is 0 Å². The summed E-state index contributed by atoms with van der Waals surface area (Å²) in [5.41, 5.74) is 0.773. The molecule has 1 aliphatic carbocycles. The maximum absolute atomic E-state index is 3.48. The summed E-state index contributed by atoms with van der Waals surface area (Å²) in [5.74, 6) is 1.06. The van der Waals surface area contributed by atoms with Crippen LogP contribution < -0.4 is 5.32 Å². The molecule has 0 aromatic heterocycles. The molecule has 0 bridgehead atoms. The quantitative estimate of drug-likeness (QED) is 0.636. The van der Waals surface area contributed by atoms with E-state index in [1.807, 2.05) is 13.8 Å². The standard InChI is InChI=1S/C9H17N.C2H6/c1-2-8-3-4-9(8)5-6-10-7-9;1-2/h8,10H,2-7H2,1H3;1-2H3. The van der Waals surface area contributed by atoms with Crippen LogP contribution in [0.3, 0.4) is 0 Å². The van der Waals surface area contributed by atoms with E-state index in [0.29, 0.717) is 0 Å². The van der Waals surface area contributed by atoms with Crippen LogP contribution in [-0.4, -0.2) is 13.1 Å². The van der Waals surface area contributed by atoms with Crippen molar-refractivity contribution in [1.29, 1.82) is 0 Å². The van der Waals surface area contributed by atoms with Crippen LogP contribution in [0.5, 0.6) is 0 Å². The monoisotopic (exact) mass is 169 g/mol. The molecular weight excluding hydrogens is 146 g/mol. The minimum Gasteiger partial charge on any atom is -0.316 e. The molecule has 1 nitrogen and oxygen atoms in total. The van der Waals surface area contributed by atoms with Crippen LogP contribution in [0.1, 0.15) is 46.5 Å². The predicted molar refractivity (Wildman–Crippen MR) is 54.3 cm³/mol. The van der Waals surface area contributed by atoms with E-state index in [2.05, 4.69) is 12.2 Å². The summed E-state index contributed by atoms with van der Waals surface area (Å²) in [6.45, 7) is 8.92. The molecule has 1 heterocycles. The Labute approximate surface area is 76.9 Å². The minimum absolute atomic E-state index is 0.773. The van der Waals surface area contributed by atoms with Crippen LogP contribution >= 0.6 is 0 Å². The molecule has 2 rings (SSSR count). The summed E-state index contributed by atoms with van der Waals surface area (Å²) in [6.07, 6.45) is 5.85. The smallest absolute Gasteiger partial charge is 0.00109 e. The van der Waals surface area contributed by atoms with Gasteiger partial charge in [-0.2, -0.15) is 0 Å². The molecule has 1 saturated carbocycles. The molecular formula is C11H23N. The maximum Gasteiger partial charge on any atom is 0.00109 e. The first-order chi connectivity index (χ1) is 5.87. The van der Waals surface area contributed by atoms with Crippen LogP contribution in [0.15, 0.2) is 0 Å². The van der Waals surface area contributed by atoms with Crippen molar-refractivity contribution in [2.24, 2.45) is 11.3 Å². The van der Waals surface area contributed by atoms with Crippen molar-refractivity contribution >= 4 is 0 Å². The second-order valence-corrected chi connectivity index (χ2v) is 3.93. The van der Waals surface area contributed by atoms with Crippen LogP contribution in [0.25, 0.3) is 0 Å². The lowest BCUT2D eigenvalue weighted by Crippen LogP contribution is -2.41. The van der Waals surface area contributed by atoms with Gasteiger partial charge in [0.05, 0.1) is 0 Å².